The maximum absolute atomic E-state index is 12.1. The normalized spacial score (nSPS) is 29.0. The monoisotopic (exact) mass is 348 g/mol. The minimum absolute atomic E-state index is 0.102. The number of amides is 1. The molecule has 0 aromatic heterocycles. The van der Waals surface area contributed by atoms with Crippen LogP contribution in [0.25, 0.3) is 0 Å². The van der Waals surface area contributed by atoms with Gasteiger partial charge in [-0.1, -0.05) is 46.0 Å². The average Bonchev–Trinajstić information content (AvgIpc) is 3.41. The second kappa shape index (κ2) is 8.41. The zero-order valence-corrected chi connectivity index (χ0v) is 16.3. The molecule has 0 aromatic rings. The summed E-state index contributed by atoms with van der Waals surface area (Å²) in [5.74, 6) is 3.15. The highest BCUT2D eigenvalue weighted by molar-refractivity contribution is 5.81. The van der Waals surface area contributed by atoms with Gasteiger partial charge in [-0.05, 0) is 31.1 Å². The van der Waals surface area contributed by atoms with Crippen LogP contribution in [-0.2, 0) is 4.79 Å². The zero-order chi connectivity index (χ0) is 17.8. The van der Waals surface area contributed by atoms with Crippen molar-refractivity contribution in [2.24, 2.45) is 22.7 Å². The van der Waals surface area contributed by atoms with Gasteiger partial charge in [-0.15, -0.1) is 0 Å². The molecule has 0 spiro atoms. The Morgan fingerprint density at radius 3 is 2.32 bits per heavy atom. The molecule has 3 rings (SSSR count). The summed E-state index contributed by atoms with van der Waals surface area (Å²) < 4.78 is 0. The fourth-order valence-electron chi connectivity index (χ4n) is 4.61. The molecule has 2 atom stereocenters. The van der Waals surface area contributed by atoms with Crippen molar-refractivity contribution in [3.63, 3.8) is 0 Å². The number of guanidine groups is 1. The minimum Gasteiger partial charge on any atom is -0.354 e. The first-order valence-corrected chi connectivity index (χ1v) is 10.4. The van der Waals surface area contributed by atoms with Crippen LogP contribution in [0.2, 0.25) is 0 Å². The van der Waals surface area contributed by atoms with Gasteiger partial charge in [0.25, 0.3) is 0 Å². The summed E-state index contributed by atoms with van der Waals surface area (Å²) in [4.78, 5) is 18.5. The first kappa shape index (κ1) is 18.5. The van der Waals surface area contributed by atoms with Gasteiger partial charge in [0.15, 0.2) is 5.96 Å². The van der Waals surface area contributed by atoms with E-state index >= 15 is 0 Å². The smallest absolute Gasteiger partial charge is 0.225 e. The van der Waals surface area contributed by atoms with Crippen LogP contribution in [0, 0.1) is 17.8 Å². The first-order valence-electron chi connectivity index (χ1n) is 10.4. The van der Waals surface area contributed by atoms with Crippen molar-refractivity contribution >= 4 is 11.9 Å². The van der Waals surface area contributed by atoms with Crippen LogP contribution in [0.4, 0.5) is 0 Å². The standard InChI is InChI=1S/C20H36N4O/c1-14(2)19(25)24-11-9-16(10-12-24)22-20(21-3)23-18-13-17(18)15-7-5-4-6-8-15/h14-18H,4-13H2,1-3H3,(H2,21,22,23). The SMILES string of the molecule is CN=C(NC1CCN(C(=O)C(C)C)CC1)NC1CC1C1CCCCC1. The van der Waals surface area contributed by atoms with E-state index in [-0.39, 0.29) is 11.8 Å². The quantitative estimate of drug-likeness (QED) is 0.607. The molecular weight excluding hydrogens is 312 g/mol. The maximum Gasteiger partial charge on any atom is 0.225 e. The molecule has 2 unspecified atom stereocenters. The fraction of sp³-hybridized carbons (Fsp3) is 0.900. The van der Waals surface area contributed by atoms with Gasteiger partial charge in [-0.2, -0.15) is 0 Å². The van der Waals surface area contributed by atoms with E-state index in [9.17, 15) is 4.79 Å². The van der Waals surface area contributed by atoms with Crippen molar-refractivity contribution in [3.8, 4) is 0 Å². The Kier molecular flexibility index (Phi) is 6.24. The van der Waals surface area contributed by atoms with Gasteiger partial charge >= 0.3 is 0 Å². The van der Waals surface area contributed by atoms with Crippen LogP contribution in [0.5, 0.6) is 0 Å². The third-order valence-electron chi connectivity index (χ3n) is 6.28. The number of aliphatic imine (C=N–C) groups is 1. The largest absolute Gasteiger partial charge is 0.354 e. The van der Waals surface area contributed by atoms with E-state index in [1.165, 1.54) is 38.5 Å². The fourth-order valence-corrected chi connectivity index (χ4v) is 4.61. The molecule has 2 aliphatic carbocycles. The third kappa shape index (κ3) is 4.89. The molecule has 25 heavy (non-hydrogen) atoms. The van der Waals surface area contributed by atoms with Crippen LogP contribution < -0.4 is 10.6 Å². The summed E-state index contributed by atoms with van der Waals surface area (Å²) in [7, 11) is 1.87. The van der Waals surface area contributed by atoms with Gasteiger partial charge in [0.2, 0.25) is 5.91 Å². The maximum atomic E-state index is 12.1. The molecule has 5 heteroatoms. The van der Waals surface area contributed by atoms with Crippen molar-refractivity contribution in [1.29, 1.82) is 0 Å². The van der Waals surface area contributed by atoms with E-state index in [1.807, 2.05) is 25.8 Å². The summed E-state index contributed by atoms with van der Waals surface area (Å²) in [5.41, 5.74) is 0. The molecule has 142 valence electrons. The van der Waals surface area contributed by atoms with E-state index in [1.54, 1.807) is 0 Å². The molecule has 0 bridgehead atoms. The zero-order valence-electron chi connectivity index (χ0n) is 16.3. The molecule has 1 saturated heterocycles. The number of hydrogen-bond acceptors (Lipinski definition) is 2. The van der Waals surface area contributed by atoms with Crippen LogP contribution in [0.1, 0.15) is 65.2 Å². The van der Waals surface area contributed by atoms with Gasteiger partial charge in [0.1, 0.15) is 0 Å². The number of carbonyl (C=O) groups is 1. The second-order valence-electron chi connectivity index (χ2n) is 8.52. The number of rotatable bonds is 4. The predicted molar refractivity (Wildman–Crippen MR) is 103 cm³/mol. The molecule has 0 aromatic carbocycles. The van der Waals surface area contributed by atoms with Crippen molar-refractivity contribution in [3.05, 3.63) is 0 Å². The Labute approximate surface area is 153 Å². The molecule has 5 nitrogen and oxygen atoms in total. The van der Waals surface area contributed by atoms with Crippen LogP contribution in [-0.4, -0.2) is 49.0 Å². The highest BCUT2D eigenvalue weighted by Gasteiger charge is 2.43. The van der Waals surface area contributed by atoms with E-state index in [0.29, 0.717) is 12.1 Å². The molecule has 1 heterocycles. The minimum atomic E-state index is 0.102. The molecule has 1 aliphatic heterocycles. The Balaban J connectivity index is 1.40. The average molecular weight is 349 g/mol. The topological polar surface area (TPSA) is 56.7 Å². The molecule has 2 N–H and O–H groups in total. The van der Waals surface area contributed by atoms with Crippen LogP contribution in [0.15, 0.2) is 4.99 Å². The van der Waals surface area contributed by atoms with Crippen LogP contribution in [0.3, 0.4) is 0 Å². The Morgan fingerprint density at radius 2 is 1.72 bits per heavy atom. The lowest BCUT2D eigenvalue weighted by molar-refractivity contribution is -0.135. The number of piperidine rings is 1. The van der Waals surface area contributed by atoms with Crippen molar-refractivity contribution in [2.75, 3.05) is 20.1 Å². The number of nitrogens with zero attached hydrogens (tertiary/aromatic N) is 2. The lowest BCUT2D eigenvalue weighted by Crippen LogP contribution is -2.50. The number of hydrogen-bond donors (Lipinski definition) is 2. The van der Waals surface area contributed by atoms with E-state index in [2.05, 4.69) is 15.6 Å². The number of carbonyl (C=O) groups excluding carboxylic acids is 1. The van der Waals surface area contributed by atoms with Gasteiger partial charge in [-0.3, -0.25) is 9.79 Å². The predicted octanol–water partition coefficient (Wildman–Crippen LogP) is 2.77. The lowest BCUT2D eigenvalue weighted by atomic mass is 9.85. The summed E-state index contributed by atoms with van der Waals surface area (Å²) in [6.45, 7) is 5.69. The first-order chi connectivity index (χ1) is 12.1. The van der Waals surface area contributed by atoms with Crippen molar-refractivity contribution in [1.82, 2.24) is 15.5 Å². The number of likely N-dealkylation sites (tertiary alicyclic amines) is 1. The Bertz CT molecular complexity index is 476. The summed E-state index contributed by atoms with van der Waals surface area (Å²) in [5, 5.41) is 7.24. The van der Waals surface area contributed by atoms with Crippen LogP contribution >= 0.6 is 0 Å². The summed E-state index contributed by atoms with van der Waals surface area (Å²) >= 11 is 0. The van der Waals surface area contributed by atoms with Crippen molar-refractivity contribution in [2.45, 2.75) is 77.3 Å². The molecule has 0 radical (unpaired) electrons. The molecule has 3 aliphatic rings. The third-order valence-corrected chi connectivity index (χ3v) is 6.28. The van der Waals surface area contributed by atoms with Crippen molar-refractivity contribution < 1.29 is 4.79 Å². The van der Waals surface area contributed by atoms with Gasteiger partial charge in [0, 0.05) is 38.1 Å². The van der Waals surface area contributed by atoms with Gasteiger partial charge < -0.3 is 15.5 Å². The summed E-state index contributed by atoms with van der Waals surface area (Å²) in [6, 6.07) is 1.05. The second-order valence-corrected chi connectivity index (χ2v) is 8.52. The highest BCUT2D eigenvalue weighted by atomic mass is 16.2. The van der Waals surface area contributed by atoms with E-state index in [0.717, 1.165) is 43.7 Å². The Hall–Kier alpha value is -1.26. The molecule has 3 fully saturated rings. The molecular formula is C20H36N4O. The number of nitrogens with one attached hydrogen (secondary N) is 2. The Morgan fingerprint density at radius 1 is 1.04 bits per heavy atom. The lowest BCUT2D eigenvalue weighted by Gasteiger charge is -2.34. The summed E-state index contributed by atoms with van der Waals surface area (Å²) in [6.07, 6.45) is 10.5. The van der Waals surface area contributed by atoms with Gasteiger partial charge in [-0.25, -0.2) is 0 Å². The van der Waals surface area contributed by atoms with E-state index in [4.69, 9.17) is 0 Å². The van der Waals surface area contributed by atoms with E-state index < -0.39 is 0 Å². The molecule has 1 amide bonds. The van der Waals surface area contributed by atoms with Gasteiger partial charge in [0.05, 0.1) is 0 Å². The highest BCUT2D eigenvalue weighted by Crippen LogP contribution is 2.44. The molecule has 2 saturated carbocycles.